The van der Waals surface area contributed by atoms with Crippen molar-refractivity contribution in [3.63, 3.8) is 0 Å². The molecule has 3 nitrogen and oxygen atoms in total. The highest BCUT2D eigenvalue weighted by molar-refractivity contribution is 5.69. The van der Waals surface area contributed by atoms with Crippen LogP contribution in [0.15, 0.2) is 24.8 Å². The average Bonchev–Trinajstić information content (AvgIpc) is 2.32. The molecule has 0 amide bonds. The zero-order chi connectivity index (χ0) is 13.3. The highest BCUT2D eigenvalue weighted by Gasteiger charge is 2.15. The molecule has 0 bridgehead atoms. The fraction of sp³-hybridized carbons (Fsp3) is 0.643. The number of carbonyl (C=O) groups excluding carboxylic acids is 1. The van der Waals surface area contributed by atoms with Crippen molar-refractivity contribution in [3.05, 3.63) is 24.8 Å². The van der Waals surface area contributed by atoms with Crippen LogP contribution >= 0.6 is 0 Å². The maximum absolute atomic E-state index is 11.2. The molecule has 0 spiro atoms. The molecular formula is C14H24O3. The summed E-state index contributed by atoms with van der Waals surface area (Å²) in [5.74, 6) is -0.0981. The van der Waals surface area contributed by atoms with Gasteiger partial charge >= 0.3 is 5.97 Å². The molecule has 2 unspecified atom stereocenters. The third kappa shape index (κ3) is 7.75. The van der Waals surface area contributed by atoms with Gasteiger partial charge in [0.05, 0.1) is 12.7 Å². The maximum atomic E-state index is 11.2. The normalized spacial score (nSPS) is 13.8. The lowest BCUT2D eigenvalue weighted by atomic mass is 9.94. The van der Waals surface area contributed by atoms with Gasteiger partial charge in [-0.05, 0) is 32.1 Å². The van der Waals surface area contributed by atoms with Crippen molar-refractivity contribution in [1.82, 2.24) is 0 Å². The summed E-state index contributed by atoms with van der Waals surface area (Å²) in [7, 11) is 0. The van der Waals surface area contributed by atoms with E-state index in [0.717, 1.165) is 12.0 Å². The number of rotatable bonds is 9. The van der Waals surface area contributed by atoms with Gasteiger partial charge in [0.1, 0.15) is 0 Å². The number of hydrogen-bond acceptors (Lipinski definition) is 3. The van der Waals surface area contributed by atoms with Crippen molar-refractivity contribution in [1.29, 1.82) is 0 Å². The second-order valence-electron chi connectivity index (χ2n) is 4.29. The number of carbonyl (C=O) groups is 1. The summed E-state index contributed by atoms with van der Waals surface area (Å²) in [6.07, 6.45) is 3.73. The standard InChI is InChI=1S/C14H24O3/c1-5-11(3)7-9-13(15)12(4)8-10-14(16)17-6-2/h5,12-13,15H,1,3,6-10H2,2,4H3. The molecule has 17 heavy (non-hydrogen) atoms. The lowest BCUT2D eigenvalue weighted by Crippen LogP contribution is -2.19. The van der Waals surface area contributed by atoms with Gasteiger partial charge in [-0.2, -0.15) is 0 Å². The van der Waals surface area contributed by atoms with Gasteiger partial charge in [0.25, 0.3) is 0 Å². The largest absolute Gasteiger partial charge is 0.466 e. The Hall–Kier alpha value is -1.09. The van der Waals surface area contributed by atoms with E-state index < -0.39 is 6.10 Å². The molecule has 0 rings (SSSR count). The predicted octanol–water partition coefficient (Wildman–Crippen LogP) is 2.85. The minimum atomic E-state index is -0.402. The van der Waals surface area contributed by atoms with Gasteiger partial charge in [-0.15, -0.1) is 0 Å². The Labute approximate surface area is 104 Å². The van der Waals surface area contributed by atoms with Crippen molar-refractivity contribution in [2.24, 2.45) is 5.92 Å². The smallest absolute Gasteiger partial charge is 0.305 e. The second-order valence-corrected chi connectivity index (χ2v) is 4.29. The Morgan fingerprint density at radius 2 is 2.06 bits per heavy atom. The fourth-order valence-corrected chi connectivity index (χ4v) is 1.49. The lowest BCUT2D eigenvalue weighted by Gasteiger charge is -2.18. The molecule has 0 aliphatic carbocycles. The highest BCUT2D eigenvalue weighted by atomic mass is 16.5. The van der Waals surface area contributed by atoms with Crippen LogP contribution in [0.2, 0.25) is 0 Å². The maximum Gasteiger partial charge on any atom is 0.305 e. The van der Waals surface area contributed by atoms with Crippen molar-refractivity contribution in [3.8, 4) is 0 Å². The van der Waals surface area contributed by atoms with E-state index in [-0.39, 0.29) is 11.9 Å². The molecule has 0 saturated carbocycles. The van der Waals surface area contributed by atoms with E-state index in [1.807, 2.05) is 6.92 Å². The van der Waals surface area contributed by atoms with Gasteiger partial charge < -0.3 is 9.84 Å². The van der Waals surface area contributed by atoms with Gasteiger partial charge in [-0.1, -0.05) is 31.7 Å². The Balaban J connectivity index is 3.81. The van der Waals surface area contributed by atoms with E-state index in [2.05, 4.69) is 13.2 Å². The van der Waals surface area contributed by atoms with Crippen LogP contribution in [0.1, 0.15) is 39.5 Å². The summed E-state index contributed by atoms with van der Waals surface area (Å²) >= 11 is 0. The van der Waals surface area contributed by atoms with Crippen molar-refractivity contribution >= 4 is 5.97 Å². The van der Waals surface area contributed by atoms with Crippen LogP contribution in [0, 0.1) is 5.92 Å². The first kappa shape index (κ1) is 15.9. The summed E-state index contributed by atoms with van der Waals surface area (Å²) < 4.78 is 4.84. The van der Waals surface area contributed by atoms with Crippen molar-refractivity contribution < 1.29 is 14.6 Å². The molecule has 0 aliphatic heterocycles. The van der Waals surface area contributed by atoms with Gasteiger partial charge in [0.15, 0.2) is 0 Å². The van der Waals surface area contributed by atoms with Crippen LogP contribution in [0.25, 0.3) is 0 Å². The molecule has 98 valence electrons. The van der Waals surface area contributed by atoms with E-state index in [1.54, 1.807) is 13.0 Å². The number of esters is 1. The molecule has 0 aliphatic rings. The van der Waals surface area contributed by atoms with Crippen LogP contribution in [0.4, 0.5) is 0 Å². The van der Waals surface area contributed by atoms with Crippen LogP contribution in [-0.4, -0.2) is 23.8 Å². The number of ether oxygens (including phenoxy) is 1. The topological polar surface area (TPSA) is 46.5 Å². The Morgan fingerprint density at radius 3 is 2.59 bits per heavy atom. The monoisotopic (exact) mass is 240 g/mol. The third-order valence-corrected chi connectivity index (χ3v) is 2.82. The summed E-state index contributed by atoms with van der Waals surface area (Å²) in [5, 5.41) is 9.88. The van der Waals surface area contributed by atoms with Gasteiger partial charge in [-0.3, -0.25) is 4.79 Å². The minimum absolute atomic E-state index is 0.0945. The summed E-state index contributed by atoms with van der Waals surface area (Å²) in [5.41, 5.74) is 0.932. The lowest BCUT2D eigenvalue weighted by molar-refractivity contribution is -0.143. The minimum Gasteiger partial charge on any atom is -0.466 e. The molecule has 0 saturated heterocycles. The Morgan fingerprint density at radius 1 is 1.41 bits per heavy atom. The summed E-state index contributed by atoms with van der Waals surface area (Å²) in [4.78, 5) is 11.2. The second kappa shape index (κ2) is 8.99. The molecule has 0 aromatic rings. The van der Waals surface area contributed by atoms with E-state index >= 15 is 0 Å². The number of hydrogen-bond donors (Lipinski definition) is 1. The SMILES string of the molecule is C=CC(=C)CCC(O)C(C)CCC(=O)OCC. The third-order valence-electron chi connectivity index (χ3n) is 2.82. The number of aliphatic hydroxyl groups excluding tert-OH is 1. The fourth-order valence-electron chi connectivity index (χ4n) is 1.49. The van der Waals surface area contributed by atoms with Crippen LogP contribution < -0.4 is 0 Å². The number of aliphatic hydroxyl groups is 1. The first-order valence-corrected chi connectivity index (χ1v) is 6.15. The molecule has 1 N–H and O–H groups in total. The van der Waals surface area contributed by atoms with Gasteiger partial charge in [-0.25, -0.2) is 0 Å². The van der Waals surface area contributed by atoms with E-state index in [0.29, 0.717) is 25.9 Å². The first-order chi connectivity index (χ1) is 8.01. The average molecular weight is 240 g/mol. The summed E-state index contributed by atoms with van der Waals surface area (Å²) in [6.45, 7) is 11.6. The quantitative estimate of drug-likeness (QED) is 0.498. The van der Waals surface area contributed by atoms with Crippen molar-refractivity contribution in [2.45, 2.75) is 45.6 Å². The Kier molecular flexibility index (Phi) is 8.42. The first-order valence-electron chi connectivity index (χ1n) is 6.15. The van der Waals surface area contributed by atoms with Crippen molar-refractivity contribution in [2.75, 3.05) is 6.61 Å². The van der Waals surface area contributed by atoms with Crippen LogP contribution in [-0.2, 0) is 9.53 Å². The molecule has 0 heterocycles. The molecule has 3 heteroatoms. The molecular weight excluding hydrogens is 216 g/mol. The highest BCUT2D eigenvalue weighted by Crippen LogP contribution is 2.17. The molecule has 0 aromatic heterocycles. The van der Waals surface area contributed by atoms with E-state index in [1.165, 1.54) is 0 Å². The van der Waals surface area contributed by atoms with E-state index in [4.69, 9.17) is 4.74 Å². The predicted molar refractivity (Wildman–Crippen MR) is 69.6 cm³/mol. The Bertz CT molecular complexity index is 258. The van der Waals surface area contributed by atoms with E-state index in [9.17, 15) is 9.90 Å². The van der Waals surface area contributed by atoms with Crippen LogP contribution in [0.5, 0.6) is 0 Å². The molecule has 0 radical (unpaired) electrons. The molecule has 2 atom stereocenters. The molecule has 0 fully saturated rings. The number of allylic oxidation sites excluding steroid dienone is 2. The van der Waals surface area contributed by atoms with Crippen LogP contribution in [0.3, 0.4) is 0 Å². The zero-order valence-corrected chi connectivity index (χ0v) is 10.9. The zero-order valence-electron chi connectivity index (χ0n) is 10.9. The van der Waals surface area contributed by atoms with Gasteiger partial charge in [0, 0.05) is 6.42 Å². The van der Waals surface area contributed by atoms with Gasteiger partial charge in [0.2, 0.25) is 0 Å². The summed E-state index contributed by atoms with van der Waals surface area (Å²) in [6, 6.07) is 0. The molecule has 0 aromatic carbocycles.